The van der Waals surface area contributed by atoms with E-state index in [1.807, 2.05) is 26.0 Å². The van der Waals surface area contributed by atoms with Crippen molar-refractivity contribution >= 4 is 22.8 Å². The van der Waals surface area contributed by atoms with E-state index in [4.69, 9.17) is 4.74 Å². The van der Waals surface area contributed by atoms with Crippen LogP contribution >= 0.6 is 0 Å². The van der Waals surface area contributed by atoms with Gasteiger partial charge in [0, 0.05) is 6.54 Å². The van der Waals surface area contributed by atoms with Gasteiger partial charge in [-0.15, -0.1) is 10.2 Å². The maximum Gasteiger partial charge on any atom is 0.260 e. The summed E-state index contributed by atoms with van der Waals surface area (Å²) in [5.41, 5.74) is 4.13. The monoisotopic (exact) mass is 378 g/mol. The SMILES string of the molecule is CCOc1cn2nc(C)cc2cc1C(=O)Nc1ccc(C2=CCNCC2)nn1. The number of rotatable bonds is 5. The predicted molar refractivity (Wildman–Crippen MR) is 107 cm³/mol. The van der Waals surface area contributed by atoms with Gasteiger partial charge in [-0.05, 0) is 56.7 Å². The second kappa shape index (κ2) is 7.77. The Kier molecular flexibility index (Phi) is 5.03. The third-order valence-corrected chi connectivity index (χ3v) is 4.53. The van der Waals surface area contributed by atoms with Crippen LogP contribution in [0.5, 0.6) is 5.75 Å². The Labute approximate surface area is 162 Å². The Balaban J connectivity index is 1.57. The van der Waals surface area contributed by atoms with Gasteiger partial charge in [0.2, 0.25) is 0 Å². The minimum Gasteiger partial charge on any atom is -0.491 e. The van der Waals surface area contributed by atoms with E-state index in [2.05, 4.69) is 32.0 Å². The standard InChI is InChI=1S/C20H22N6O2/c1-3-28-18-12-26-15(10-13(2)25-26)11-16(18)20(27)22-19-5-4-17(23-24-19)14-6-8-21-9-7-14/h4-6,10-12,21H,3,7-9H2,1-2H3,(H,22,24,27). The first kappa shape index (κ1) is 18.1. The van der Waals surface area contributed by atoms with E-state index in [1.165, 1.54) is 5.57 Å². The highest BCUT2D eigenvalue weighted by Gasteiger charge is 2.17. The van der Waals surface area contributed by atoms with E-state index in [-0.39, 0.29) is 5.91 Å². The maximum absolute atomic E-state index is 12.8. The molecule has 4 heterocycles. The average Bonchev–Trinajstić information content (AvgIpc) is 3.08. The summed E-state index contributed by atoms with van der Waals surface area (Å²) < 4.78 is 7.35. The fourth-order valence-electron chi connectivity index (χ4n) is 3.20. The number of ether oxygens (including phenoxy) is 1. The lowest BCUT2D eigenvalue weighted by Crippen LogP contribution is -2.20. The molecule has 2 N–H and O–H groups in total. The zero-order valence-corrected chi connectivity index (χ0v) is 15.9. The molecule has 0 bridgehead atoms. The Hall–Kier alpha value is -3.26. The van der Waals surface area contributed by atoms with Crippen molar-refractivity contribution in [2.75, 3.05) is 25.0 Å². The molecule has 0 unspecified atom stereocenters. The van der Waals surface area contributed by atoms with Crippen molar-refractivity contribution < 1.29 is 9.53 Å². The summed E-state index contributed by atoms with van der Waals surface area (Å²) in [5.74, 6) is 0.572. The smallest absolute Gasteiger partial charge is 0.260 e. The van der Waals surface area contributed by atoms with E-state index in [9.17, 15) is 4.79 Å². The maximum atomic E-state index is 12.8. The van der Waals surface area contributed by atoms with Crippen LogP contribution in [0.3, 0.4) is 0 Å². The van der Waals surface area contributed by atoms with Crippen molar-refractivity contribution in [1.82, 2.24) is 25.1 Å². The highest BCUT2D eigenvalue weighted by Crippen LogP contribution is 2.23. The second-order valence-corrected chi connectivity index (χ2v) is 6.58. The van der Waals surface area contributed by atoms with Crippen LogP contribution in [0, 0.1) is 6.92 Å². The summed E-state index contributed by atoms with van der Waals surface area (Å²) in [5, 5.41) is 18.9. The lowest BCUT2D eigenvalue weighted by atomic mass is 10.1. The molecule has 0 fully saturated rings. The molecular formula is C20H22N6O2. The van der Waals surface area contributed by atoms with Gasteiger partial charge in [0.15, 0.2) is 5.82 Å². The Morgan fingerprint density at radius 3 is 2.93 bits per heavy atom. The first-order valence-electron chi connectivity index (χ1n) is 9.32. The zero-order valence-electron chi connectivity index (χ0n) is 15.9. The van der Waals surface area contributed by atoms with Crippen molar-refractivity contribution in [3.8, 4) is 5.75 Å². The number of anilines is 1. The number of hydrogen-bond acceptors (Lipinski definition) is 6. The normalized spacial score (nSPS) is 14.0. The number of nitrogens with one attached hydrogen (secondary N) is 2. The van der Waals surface area contributed by atoms with Gasteiger partial charge in [-0.1, -0.05) is 6.08 Å². The van der Waals surface area contributed by atoms with Crippen molar-refractivity contribution in [3.63, 3.8) is 0 Å². The number of amides is 1. The molecule has 0 aliphatic carbocycles. The van der Waals surface area contributed by atoms with E-state index >= 15 is 0 Å². The summed E-state index contributed by atoms with van der Waals surface area (Å²) in [6, 6.07) is 7.33. The van der Waals surface area contributed by atoms with Gasteiger partial charge in [0.05, 0.1) is 35.3 Å². The van der Waals surface area contributed by atoms with E-state index in [1.54, 1.807) is 22.8 Å². The number of fused-ring (bicyclic) bond motifs is 1. The fraction of sp³-hybridized carbons (Fsp3) is 0.300. The van der Waals surface area contributed by atoms with E-state index < -0.39 is 0 Å². The van der Waals surface area contributed by atoms with E-state index in [0.717, 1.165) is 36.4 Å². The van der Waals surface area contributed by atoms with Gasteiger partial charge in [-0.2, -0.15) is 5.10 Å². The molecule has 1 amide bonds. The van der Waals surface area contributed by atoms with Crippen LogP contribution in [0.15, 0.2) is 36.5 Å². The van der Waals surface area contributed by atoms with Gasteiger partial charge in [0.1, 0.15) is 5.75 Å². The molecule has 0 aromatic carbocycles. The van der Waals surface area contributed by atoms with Crippen LogP contribution in [-0.4, -0.2) is 45.4 Å². The zero-order chi connectivity index (χ0) is 19.5. The first-order chi connectivity index (χ1) is 13.6. The molecule has 4 rings (SSSR count). The topological polar surface area (TPSA) is 93.4 Å². The van der Waals surface area contributed by atoms with Crippen molar-refractivity contribution in [3.05, 3.63) is 53.5 Å². The van der Waals surface area contributed by atoms with Gasteiger partial charge in [-0.25, -0.2) is 4.52 Å². The quantitative estimate of drug-likeness (QED) is 0.708. The average molecular weight is 378 g/mol. The molecular weight excluding hydrogens is 356 g/mol. The largest absolute Gasteiger partial charge is 0.491 e. The van der Waals surface area contributed by atoms with E-state index in [0.29, 0.717) is 23.7 Å². The van der Waals surface area contributed by atoms with Gasteiger partial charge in [-0.3, -0.25) is 4.79 Å². The molecule has 3 aromatic heterocycles. The molecule has 0 saturated carbocycles. The van der Waals surface area contributed by atoms with Crippen molar-refractivity contribution in [2.45, 2.75) is 20.3 Å². The van der Waals surface area contributed by atoms with Gasteiger partial charge >= 0.3 is 0 Å². The lowest BCUT2D eigenvalue weighted by molar-refractivity contribution is 0.102. The number of pyridine rings is 1. The van der Waals surface area contributed by atoms with Gasteiger partial charge < -0.3 is 15.4 Å². The predicted octanol–water partition coefficient (Wildman–Crippen LogP) is 2.46. The van der Waals surface area contributed by atoms with Crippen molar-refractivity contribution in [1.29, 1.82) is 0 Å². The number of aromatic nitrogens is 4. The summed E-state index contributed by atoms with van der Waals surface area (Å²) in [6.45, 7) is 6.00. The van der Waals surface area contributed by atoms with Crippen LogP contribution in [0.2, 0.25) is 0 Å². The Bertz CT molecular complexity index is 1040. The number of hydrogen-bond donors (Lipinski definition) is 2. The van der Waals surface area contributed by atoms with Gasteiger partial charge in [0.25, 0.3) is 5.91 Å². The minimum atomic E-state index is -0.298. The third kappa shape index (κ3) is 3.72. The first-order valence-corrected chi connectivity index (χ1v) is 9.32. The highest BCUT2D eigenvalue weighted by molar-refractivity contribution is 6.06. The number of nitrogens with zero attached hydrogens (tertiary/aromatic N) is 4. The third-order valence-electron chi connectivity index (χ3n) is 4.53. The second-order valence-electron chi connectivity index (χ2n) is 6.58. The molecule has 1 aliphatic heterocycles. The summed E-state index contributed by atoms with van der Waals surface area (Å²) in [7, 11) is 0. The summed E-state index contributed by atoms with van der Waals surface area (Å²) in [4.78, 5) is 12.8. The summed E-state index contributed by atoms with van der Waals surface area (Å²) in [6.07, 6.45) is 4.75. The minimum absolute atomic E-state index is 0.298. The Morgan fingerprint density at radius 1 is 1.32 bits per heavy atom. The highest BCUT2D eigenvalue weighted by atomic mass is 16.5. The Morgan fingerprint density at radius 2 is 2.21 bits per heavy atom. The van der Waals surface area contributed by atoms with Crippen LogP contribution in [0.1, 0.15) is 35.1 Å². The number of carbonyl (C=O) groups is 1. The van der Waals surface area contributed by atoms with Crippen LogP contribution < -0.4 is 15.4 Å². The molecule has 8 nitrogen and oxygen atoms in total. The van der Waals surface area contributed by atoms with Crippen LogP contribution in [0.25, 0.3) is 11.1 Å². The number of carbonyl (C=O) groups excluding carboxylic acids is 1. The van der Waals surface area contributed by atoms with Crippen LogP contribution in [0.4, 0.5) is 5.82 Å². The molecule has 0 saturated heterocycles. The summed E-state index contributed by atoms with van der Waals surface area (Å²) >= 11 is 0. The fourth-order valence-corrected chi connectivity index (χ4v) is 3.20. The van der Waals surface area contributed by atoms with Crippen molar-refractivity contribution in [2.24, 2.45) is 0 Å². The molecule has 8 heteroatoms. The molecule has 0 atom stereocenters. The lowest BCUT2D eigenvalue weighted by Gasteiger charge is -2.13. The van der Waals surface area contributed by atoms with Crippen LogP contribution in [-0.2, 0) is 0 Å². The molecule has 1 aliphatic rings. The number of aryl methyl sites for hydroxylation is 1. The molecule has 0 radical (unpaired) electrons. The molecule has 28 heavy (non-hydrogen) atoms. The molecule has 144 valence electrons. The molecule has 3 aromatic rings. The molecule has 0 spiro atoms.